The van der Waals surface area contributed by atoms with Crippen molar-refractivity contribution in [2.45, 2.75) is 151 Å². The SMILES string of the molecule is CC(C)C1=NN=C(Cc2ccc(F)cc2F)C1.CC(C)c1cn(Cc2ccc(F)cc2F)cn1.CC(C)c1cnc(Cc2ccc(F)cc2F)s1.CC(C)c1nc(Cc2ccc(F)cc2F)ns1.CC(C)c1nnc(Cc2ccc(F)cc2F)s1.CC(C)c1nnc(Oc2ccc(F)cc2F)s1. The van der Waals surface area contributed by atoms with Gasteiger partial charge in [0.05, 0.1) is 29.3 Å². The first-order chi connectivity index (χ1) is 48.4. The highest BCUT2D eigenvalue weighted by atomic mass is 32.1. The van der Waals surface area contributed by atoms with E-state index in [0.29, 0.717) is 102 Å². The van der Waals surface area contributed by atoms with E-state index >= 15 is 0 Å². The molecule has 0 radical (unpaired) electrons. The Hall–Kier alpha value is -8.86. The second kappa shape index (κ2) is 38.4. The van der Waals surface area contributed by atoms with Crippen LogP contribution >= 0.6 is 45.5 Å². The van der Waals surface area contributed by atoms with E-state index in [0.717, 1.165) is 84.6 Å². The fourth-order valence-corrected chi connectivity index (χ4v) is 12.0. The maximum Gasteiger partial charge on any atom is 0.299 e. The van der Waals surface area contributed by atoms with Gasteiger partial charge < -0.3 is 9.30 Å². The number of halogens is 12. The lowest BCUT2D eigenvalue weighted by Gasteiger charge is -2.05. The summed E-state index contributed by atoms with van der Waals surface area (Å²) < 4.78 is 168. The van der Waals surface area contributed by atoms with Crippen molar-refractivity contribution in [1.29, 1.82) is 0 Å². The molecule has 0 unspecified atom stereocenters. The number of nitrogens with zero attached hydrogens (tertiary/aromatic N) is 11. The summed E-state index contributed by atoms with van der Waals surface area (Å²) in [5.41, 5.74) is 5.08. The van der Waals surface area contributed by atoms with Crippen LogP contribution in [-0.2, 0) is 32.2 Å². The minimum absolute atomic E-state index is 0.0575. The molecule has 6 heterocycles. The average Bonchev–Trinajstić information content (AvgIpc) is 1.01. The number of imidazole rings is 1. The van der Waals surface area contributed by atoms with Gasteiger partial charge in [0.15, 0.2) is 11.6 Å². The van der Waals surface area contributed by atoms with Crippen molar-refractivity contribution in [3.05, 3.63) is 267 Å². The molecule has 12 nitrogen and oxygen atoms in total. The zero-order valence-corrected chi connectivity index (χ0v) is 61.1. The van der Waals surface area contributed by atoms with Crippen LogP contribution in [-0.4, -0.2) is 55.7 Å². The first kappa shape index (κ1) is 80.5. The predicted octanol–water partition coefficient (Wildman–Crippen LogP) is 21.6. The van der Waals surface area contributed by atoms with E-state index in [9.17, 15) is 52.7 Å². The largest absolute Gasteiger partial charge is 0.427 e. The van der Waals surface area contributed by atoms with Gasteiger partial charge in [0, 0.05) is 115 Å². The number of rotatable bonds is 18. The van der Waals surface area contributed by atoms with Crippen LogP contribution in [0, 0.1) is 75.7 Å². The Balaban J connectivity index is 0.000000172. The van der Waals surface area contributed by atoms with E-state index in [-0.39, 0.29) is 16.9 Å². The molecule has 540 valence electrons. The fraction of sp³-hybridized carbons (Fsp3) is 0.324. The molecule has 11 aromatic rings. The smallest absolute Gasteiger partial charge is 0.299 e. The Kier molecular flexibility index (Phi) is 30.3. The van der Waals surface area contributed by atoms with E-state index in [2.05, 4.69) is 77.6 Å². The standard InChI is InChI=1S/2C13H14F2N2.C13H13F2NS.2C12H12F2N2S.C11H10F2N2OS/c1-9(2)13-7-17(8-16-13)6-10-3-4-11(14)5-12(10)15;1-8(2)13-7-11(16-17-13)5-9-3-4-10(14)6-12(9)15;1-8(2)12-7-16-13(17-12)5-9-3-4-10(14)6-11(9)15;1-7(2)12-16-15-11(17-12)5-8-3-4-9(13)6-10(8)14;1-7(2)12-15-11(16-17-12)5-8-3-4-9(13)6-10(8)14;1-6(2)10-14-15-11(17-10)16-9-4-3-7(12)5-8(9)13/h3-5,7-9H,6H2,1-2H3;3-4,6,8H,5,7H2,1-2H3;3-4,6-8H,5H2,1-2H3;2*3-4,6-7H,5H2,1-2H3;3-6H,1-2H3. The zero-order valence-electron chi connectivity index (χ0n) is 57.8. The van der Waals surface area contributed by atoms with E-state index in [4.69, 9.17) is 4.74 Å². The highest BCUT2D eigenvalue weighted by Crippen LogP contribution is 2.31. The van der Waals surface area contributed by atoms with Crippen LogP contribution < -0.4 is 4.74 Å². The third-order valence-electron chi connectivity index (χ3n) is 14.6. The van der Waals surface area contributed by atoms with Crippen LogP contribution in [0.2, 0.25) is 0 Å². The lowest BCUT2D eigenvalue weighted by Crippen LogP contribution is -2.11. The number of benzene rings is 6. The van der Waals surface area contributed by atoms with Gasteiger partial charge >= 0.3 is 0 Å². The van der Waals surface area contributed by atoms with E-state index < -0.39 is 69.8 Å². The second-order valence-corrected chi connectivity index (χ2v) is 29.0. The number of aromatic nitrogens is 9. The Morgan fingerprint density at radius 3 is 1.30 bits per heavy atom. The quantitative estimate of drug-likeness (QED) is 0.0767. The summed E-state index contributed by atoms with van der Waals surface area (Å²) in [4.78, 5) is 14.0. The van der Waals surface area contributed by atoms with Gasteiger partial charge in [-0.15, -0.1) is 38.0 Å². The molecule has 6 aromatic carbocycles. The minimum Gasteiger partial charge on any atom is -0.427 e. The Morgan fingerprint density at radius 1 is 0.422 bits per heavy atom. The maximum atomic E-state index is 13.4. The molecule has 0 fully saturated rings. The Morgan fingerprint density at radius 2 is 0.882 bits per heavy atom. The third-order valence-corrected chi connectivity index (χ3v) is 19.2. The average molecular weight is 1490 g/mol. The first-order valence-electron chi connectivity index (χ1n) is 32.3. The molecule has 0 atom stereocenters. The third kappa shape index (κ3) is 25.3. The molecule has 1 aliphatic heterocycles. The Labute approximate surface area is 600 Å². The van der Waals surface area contributed by atoms with Crippen molar-refractivity contribution in [3.63, 3.8) is 0 Å². The summed E-state index contributed by atoms with van der Waals surface area (Å²) in [6, 6.07) is 21.2. The van der Waals surface area contributed by atoms with Crippen molar-refractivity contribution >= 4 is 57.0 Å². The highest BCUT2D eigenvalue weighted by Gasteiger charge is 2.19. The molecule has 0 amide bonds. The summed E-state index contributed by atoms with van der Waals surface area (Å²) in [6.07, 6.45) is 7.54. The molecule has 0 bridgehead atoms. The van der Waals surface area contributed by atoms with Crippen LogP contribution in [0.3, 0.4) is 0 Å². The maximum absolute atomic E-state index is 13.4. The van der Waals surface area contributed by atoms with Crippen LogP contribution in [0.25, 0.3) is 0 Å². The van der Waals surface area contributed by atoms with Crippen molar-refractivity contribution in [2.75, 3.05) is 0 Å². The van der Waals surface area contributed by atoms with Crippen LogP contribution in [0.15, 0.2) is 138 Å². The first-order valence-corrected chi connectivity index (χ1v) is 35.5. The summed E-state index contributed by atoms with van der Waals surface area (Å²) in [5, 5.41) is 28.4. The molecule has 28 heteroatoms. The van der Waals surface area contributed by atoms with Gasteiger partial charge in [0.2, 0.25) is 0 Å². The molecule has 0 saturated heterocycles. The Bertz CT molecular complexity index is 4030. The number of hydrogen-bond donors (Lipinski definition) is 0. The number of hydrogen-bond acceptors (Lipinski definition) is 15. The van der Waals surface area contributed by atoms with Crippen LogP contribution in [0.1, 0.15) is 188 Å². The van der Waals surface area contributed by atoms with E-state index in [1.54, 1.807) is 22.2 Å². The van der Waals surface area contributed by atoms with Gasteiger partial charge in [0.1, 0.15) is 89.8 Å². The lowest BCUT2D eigenvalue weighted by atomic mass is 9.99. The zero-order chi connectivity index (χ0) is 74.5. The summed E-state index contributed by atoms with van der Waals surface area (Å²) in [6.45, 7) is 24.8. The predicted molar refractivity (Wildman–Crippen MR) is 378 cm³/mol. The molecular weight excluding hydrogens is 1420 g/mol. The molecule has 1 aliphatic rings. The van der Waals surface area contributed by atoms with Crippen LogP contribution in [0.4, 0.5) is 52.7 Å². The molecular formula is C74H75F12N11OS4. The molecule has 0 aliphatic carbocycles. The van der Waals surface area contributed by atoms with Gasteiger partial charge in [-0.25, -0.2) is 67.6 Å². The van der Waals surface area contributed by atoms with Crippen molar-refractivity contribution < 1.29 is 57.4 Å². The summed E-state index contributed by atoms with van der Waals surface area (Å²) in [5.74, 6) is -4.30. The van der Waals surface area contributed by atoms with Gasteiger partial charge in [-0.05, 0) is 94.0 Å². The van der Waals surface area contributed by atoms with Gasteiger partial charge in [-0.3, -0.25) is 0 Å². The van der Waals surface area contributed by atoms with Crippen LogP contribution in [0.5, 0.6) is 10.9 Å². The monoisotopic (exact) mass is 1490 g/mol. The topological polar surface area (TPSA) is 142 Å². The van der Waals surface area contributed by atoms with Gasteiger partial charge in [-0.1, -0.05) is 130 Å². The molecule has 0 spiro atoms. The lowest BCUT2D eigenvalue weighted by molar-refractivity contribution is 0.431. The fourth-order valence-electron chi connectivity index (χ4n) is 8.78. The number of ether oxygens (including phenoxy) is 1. The highest BCUT2D eigenvalue weighted by molar-refractivity contribution is 7.13. The molecule has 0 N–H and O–H groups in total. The normalized spacial score (nSPS) is 11.7. The molecule has 102 heavy (non-hydrogen) atoms. The summed E-state index contributed by atoms with van der Waals surface area (Å²) in [7, 11) is 0. The molecule has 0 saturated carbocycles. The van der Waals surface area contributed by atoms with E-state index in [1.165, 1.54) is 106 Å². The minimum atomic E-state index is -0.758. The molecule has 12 rings (SSSR count). The summed E-state index contributed by atoms with van der Waals surface area (Å²) >= 11 is 5.62. The van der Waals surface area contributed by atoms with Crippen molar-refractivity contribution in [1.82, 2.24) is 44.3 Å². The van der Waals surface area contributed by atoms with Crippen molar-refractivity contribution in [3.8, 4) is 10.9 Å². The number of thiazole rings is 1. The molecule has 5 aromatic heterocycles. The van der Waals surface area contributed by atoms with Gasteiger partial charge in [-0.2, -0.15) is 14.6 Å². The second-order valence-electron chi connectivity index (χ2n) is 25.0. The van der Waals surface area contributed by atoms with Gasteiger partial charge in [0.25, 0.3) is 5.19 Å². The van der Waals surface area contributed by atoms with E-state index in [1.807, 2.05) is 67.8 Å². The van der Waals surface area contributed by atoms with Crippen molar-refractivity contribution in [2.24, 2.45) is 16.1 Å².